The molecule has 1 aromatic carbocycles. The van der Waals surface area contributed by atoms with Gasteiger partial charge in [-0.05, 0) is 62.1 Å². The number of likely N-dealkylation sites (tertiary alicyclic amines) is 1. The van der Waals surface area contributed by atoms with Gasteiger partial charge < -0.3 is 19.7 Å². The van der Waals surface area contributed by atoms with Gasteiger partial charge in [-0.25, -0.2) is 8.42 Å². The molecule has 1 aromatic heterocycles. The molecule has 2 aliphatic heterocycles. The van der Waals surface area contributed by atoms with Crippen molar-refractivity contribution in [3.8, 4) is 0 Å². The lowest BCUT2D eigenvalue weighted by Gasteiger charge is -2.27. The Balaban J connectivity index is 1.56. The van der Waals surface area contributed by atoms with Crippen molar-refractivity contribution in [2.75, 3.05) is 72.0 Å². The third-order valence-corrected chi connectivity index (χ3v) is 10.4. The molecule has 1 fully saturated rings. The Morgan fingerprint density at radius 2 is 1.68 bits per heavy atom. The van der Waals surface area contributed by atoms with Crippen LogP contribution in [0.3, 0.4) is 0 Å². The third kappa shape index (κ3) is 6.92. The largest absolute Gasteiger partial charge is 0.383 e. The van der Waals surface area contributed by atoms with Crippen LogP contribution < -0.4 is 5.32 Å². The van der Waals surface area contributed by atoms with Gasteiger partial charge in [0.2, 0.25) is 10.0 Å². The average Bonchev–Trinajstić information content (AvgIpc) is 3.61. The molecule has 40 heavy (non-hydrogen) atoms. The molecular formula is C28H40N4O6S2. The molecule has 2 aromatic rings. The lowest BCUT2D eigenvalue weighted by atomic mass is 10.0. The van der Waals surface area contributed by atoms with Crippen molar-refractivity contribution in [2.45, 2.75) is 44.0 Å². The summed E-state index contributed by atoms with van der Waals surface area (Å²) < 4.78 is 37.9. The topological polar surface area (TPSA) is 108 Å². The van der Waals surface area contributed by atoms with E-state index in [-0.39, 0.29) is 43.0 Å². The monoisotopic (exact) mass is 592 g/mol. The van der Waals surface area contributed by atoms with Crippen LogP contribution in [0, 0.1) is 0 Å². The minimum absolute atomic E-state index is 0.0112. The van der Waals surface area contributed by atoms with Crippen molar-refractivity contribution in [3.63, 3.8) is 0 Å². The van der Waals surface area contributed by atoms with E-state index in [0.717, 1.165) is 68.8 Å². The molecule has 0 aliphatic carbocycles. The molecule has 0 unspecified atom stereocenters. The summed E-state index contributed by atoms with van der Waals surface area (Å²) in [6.07, 6.45) is 3.83. The number of amides is 2. The summed E-state index contributed by atoms with van der Waals surface area (Å²) in [4.78, 5) is 32.4. The Hall–Kier alpha value is -2.35. The number of ether oxygens (including phenoxy) is 2. The highest BCUT2D eigenvalue weighted by atomic mass is 32.2. The van der Waals surface area contributed by atoms with Crippen molar-refractivity contribution >= 4 is 38.2 Å². The number of carbonyl (C=O) groups excluding carboxylic acids is 2. The number of thiophene rings is 1. The fraction of sp³-hybridized carbons (Fsp3) is 0.571. The van der Waals surface area contributed by atoms with Gasteiger partial charge in [0.1, 0.15) is 5.00 Å². The van der Waals surface area contributed by atoms with E-state index in [1.165, 1.54) is 54.1 Å². The van der Waals surface area contributed by atoms with Crippen LogP contribution in [0.5, 0.6) is 0 Å². The molecule has 2 amide bonds. The second-order valence-electron chi connectivity index (χ2n) is 10.1. The molecule has 12 heteroatoms. The summed E-state index contributed by atoms with van der Waals surface area (Å²) in [6.45, 7) is 7.19. The molecule has 0 bridgehead atoms. The van der Waals surface area contributed by atoms with Gasteiger partial charge in [-0.1, -0.05) is 6.92 Å². The molecule has 1 N–H and O–H groups in total. The summed E-state index contributed by atoms with van der Waals surface area (Å²) in [5.41, 5.74) is 1.99. The number of hydrogen-bond acceptors (Lipinski definition) is 8. The van der Waals surface area contributed by atoms with Crippen LogP contribution in [0.2, 0.25) is 0 Å². The van der Waals surface area contributed by atoms with Gasteiger partial charge in [0.15, 0.2) is 0 Å². The van der Waals surface area contributed by atoms with Gasteiger partial charge in [0.25, 0.3) is 11.8 Å². The minimum atomic E-state index is -3.80. The van der Waals surface area contributed by atoms with E-state index in [2.05, 4.69) is 17.1 Å². The predicted octanol–water partition coefficient (Wildman–Crippen LogP) is 3.29. The number of fused-ring (bicyclic) bond motifs is 1. The number of methoxy groups -OCH3 is 2. The highest BCUT2D eigenvalue weighted by molar-refractivity contribution is 7.89. The van der Waals surface area contributed by atoms with E-state index >= 15 is 0 Å². The van der Waals surface area contributed by atoms with Gasteiger partial charge in [0.05, 0.1) is 23.7 Å². The first-order valence-electron chi connectivity index (χ1n) is 13.9. The molecule has 1 saturated heterocycles. The summed E-state index contributed by atoms with van der Waals surface area (Å²) in [5.74, 6) is -0.387. The van der Waals surface area contributed by atoms with E-state index in [0.29, 0.717) is 16.1 Å². The summed E-state index contributed by atoms with van der Waals surface area (Å²) in [5, 5.41) is 3.57. The lowest BCUT2D eigenvalue weighted by Crippen LogP contribution is -2.36. The molecule has 0 atom stereocenters. The number of hydrogen-bond donors (Lipinski definition) is 1. The number of carbonyl (C=O) groups is 2. The fourth-order valence-corrected chi connectivity index (χ4v) is 7.88. The summed E-state index contributed by atoms with van der Waals surface area (Å²) in [6, 6.07) is 5.89. The number of anilines is 1. The second-order valence-corrected chi connectivity index (χ2v) is 13.1. The first-order chi connectivity index (χ1) is 19.3. The molecule has 0 spiro atoms. The van der Waals surface area contributed by atoms with Gasteiger partial charge in [0, 0.05) is 63.9 Å². The van der Waals surface area contributed by atoms with E-state index in [9.17, 15) is 18.0 Å². The van der Waals surface area contributed by atoms with Gasteiger partial charge in [-0.15, -0.1) is 11.3 Å². The van der Waals surface area contributed by atoms with E-state index < -0.39 is 10.0 Å². The molecule has 4 rings (SSSR count). The van der Waals surface area contributed by atoms with Crippen molar-refractivity contribution < 1.29 is 27.5 Å². The van der Waals surface area contributed by atoms with Crippen LogP contribution in [0.4, 0.5) is 5.00 Å². The van der Waals surface area contributed by atoms with Crippen molar-refractivity contribution in [1.82, 2.24) is 14.1 Å². The Kier molecular flexibility index (Phi) is 10.7. The van der Waals surface area contributed by atoms with Crippen molar-refractivity contribution in [1.29, 1.82) is 0 Å². The second kappa shape index (κ2) is 14.0. The summed E-state index contributed by atoms with van der Waals surface area (Å²) >= 11 is 1.48. The van der Waals surface area contributed by atoms with E-state index in [1.807, 2.05) is 4.90 Å². The predicted molar refractivity (Wildman–Crippen MR) is 156 cm³/mol. The lowest BCUT2D eigenvalue weighted by molar-refractivity contribution is 0.0792. The number of benzene rings is 1. The van der Waals surface area contributed by atoms with Gasteiger partial charge in [-0.3, -0.25) is 14.5 Å². The first kappa shape index (κ1) is 30.6. The van der Waals surface area contributed by atoms with Crippen LogP contribution in [-0.2, 0) is 32.5 Å². The molecule has 220 valence electrons. The normalized spacial score (nSPS) is 15.9. The Labute approximate surface area is 241 Å². The maximum atomic E-state index is 13.6. The average molecular weight is 593 g/mol. The smallest absolute Gasteiger partial charge is 0.257 e. The number of nitrogens with one attached hydrogen (secondary N) is 1. The maximum absolute atomic E-state index is 13.6. The number of rotatable bonds is 13. The number of sulfonamides is 1. The van der Waals surface area contributed by atoms with Crippen LogP contribution in [0.25, 0.3) is 0 Å². The molecular weight excluding hydrogens is 552 g/mol. The zero-order valence-corrected chi connectivity index (χ0v) is 25.2. The summed E-state index contributed by atoms with van der Waals surface area (Å²) in [7, 11) is -0.762. The van der Waals surface area contributed by atoms with E-state index in [1.54, 1.807) is 0 Å². The third-order valence-electron chi connectivity index (χ3n) is 7.35. The molecule has 0 radical (unpaired) electrons. The fourth-order valence-electron chi connectivity index (χ4n) is 5.20. The van der Waals surface area contributed by atoms with Crippen LogP contribution in [0.1, 0.15) is 57.3 Å². The first-order valence-corrected chi connectivity index (χ1v) is 16.1. The van der Waals surface area contributed by atoms with Crippen LogP contribution >= 0.6 is 11.3 Å². The van der Waals surface area contributed by atoms with Gasteiger partial charge >= 0.3 is 0 Å². The zero-order chi connectivity index (χ0) is 28.7. The maximum Gasteiger partial charge on any atom is 0.257 e. The SMILES string of the molecule is CCCN1CCc2c(sc(NC(=O)c3ccc(S(=O)(=O)N(CCOC)CCOC)cc3)c2C(=O)N2CCCC2)C1. The number of nitrogens with zero attached hydrogens (tertiary/aromatic N) is 3. The molecule has 0 saturated carbocycles. The minimum Gasteiger partial charge on any atom is -0.383 e. The Morgan fingerprint density at radius 1 is 1.02 bits per heavy atom. The van der Waals surface area contributed by atoms with Crippen LogP contribution in [-0.4, -0.2) is 101 Å². The highest BCUT2D eigenvalue weighted by Crippen LogP contribution is 2.38. The zero-order valence-electron chi connectivity index (χ0n) is 23.6. The molecule has 3 heterocycles. The Bertz CT molecular complexity index is 1260. The van der Waals surface area contributed by atoms with Crippen LogP contribution in [0.15, 0.2) is 29.2 Å². The molecule has 10 nitrogen and oxygen atoms in total. The van der Waals surface area contributed by atoms with E-state index in [4.69, 9.17) is 9.47 Å². The highest BCUT2D eigenvalue weighted by Gasteiger charge is 2.32. The van der Waals surface area contributed by atoms with Crippen molar-refractivity contribution in [2.24, 2.45) is 0 Å². The van der Waals surface area contributed by atoms with Crippen molar-refractivity contribution in [3.05, 3.63) is 45.8 Å². The van der Waals surface area contributed by atoms with Gasteiger partial charge in [-0.2, -0.15) is 4.31 Å². The quantitative estimate of drug-likeness (QED) is 0.380. The Morgan fingerprint density at radius 3 is 2.27 bits per heavy atom. The molecule has 2 aliphatic rings. The standard InChI is InChI=1S/C28H40N4O6S2/c1-4-12-30-15-11-23-24(20-30)39-27(25(23)28(34)31-13-5-6-14-31)29-26(33)21-7-9-22(10-8-21)40(35,36)32(16-18-37-2)17-19-38-3/h7-10H,4-6,11-20H2,1-3H3,(H,29,33).